The van der Waals surface area contributed by atoms with E-state index >= 15 is 0 Å². The fourth-order valence-electron chi connectivity index (χ4n) is 2.97. The highest BCUT2D eigenvalue weighted by atomic mass is 16.5. The van der Waals surface area contributed by atoms with Crippen molar-refractivity contribution in [2.24, 2.45) is 0 Å². The second kappa shape index (κ2) is 8.04. The normalized spacial score (nSPS) is 15.6. The summed E-state index contributed by atoms with van der Waals surface area (Å²) in [7, 11) is 0. The fraction of sp³-hybridized carbons (Fsp3) is 0.333. The molecule has 2 aromatic rings. The van der Waals surface area contributed by atoms with E-state index in [0.29, 0.717) is 13.2 Å². The summed E-state index contributed by atoms with van der Waals surface area (Å²) in [5.74, 6) is 1.46. The lowest BCUT2D eigenvalue weighted by Gasteiger charge is -2.10. The fourth-order valence-corrected chi connectivity index (χ4v) is 2.97. The van der Waals surface area contributed by atoms with Gasteiger partial charge in [0.15, 0.2) is 0 Å². The SMILES string of the molecule is CCOc1cc2c(cc1/C=C/C(=O)NCc1cccc(C)n1)OC(C)C2. The molecule has 1 unspecified atom stereocenters. The van der Waals surface area contributed by atoms with Gasteiger partial charge in [0.25, 0.3) is 0 Å². The van der Waals surface area contributed by atoms with Crippen molar-refractivity contribution in [3.8, 4) is 11.5 Å². The van der Waals surface area contributed by atoms with Crippen molar-refractivity contribution in [2.75, 3.05) is 6.61 Å². The first-order valence-electron chi connectivity index (χ1n) is 8.90. The average Bonchev–Trinajstić information content (AvgIpc) is 2.97. The lowest BCUT2D eigenvalue weighted by atomic mass is 10.1. The van der Waals surface area contributed by atoms with E-state index in [0.717, 1.165) is 40.4 Å². The number of pyridine rings is 1. The molecule has 1 atom stereocenters. The molecule has 136 valence electrons. The number of amides is 1. The van der Waals surface area contributed by atoms with Gasteiger partial charge in [-0.05, 0) is 51.1 Å². The number of aromatic nitrogens is 1. The summed E-state index contributed by atoms with van der Waals surface area (Å²) in [5.41, 5.74) is 3.75. The maximum Gasteiger partial charge on any atom is 0.244 e. The number of rotatable bonds is 6. The molecule has 1 N–H and O–H groups in total. The minimum Gasteiger partial charge on any atom is -0.493 e. The van der Waals surface area contributed by atoms with E-state index in [2.05, 4.69) is 10.3 Å². The van der Waals surface area contributed by atoms with Crippen molar-refractivity contribution in [1.82, 2.24) is 10.3 Å². The van der Waals surface area contributed by atoms with Crippen LogP contribution >= 0.6 is 0 Å². The summed E-state index contributed by atoms with van der Waals surface area (Å²) in [6, 6.07) is 9.70. The highest BCUT2D eigenvalue weighted by Gasteiger charge is 2.21. The minimum atomic E-state index is -0.175. The summed E-state index contributed by atoms with van der Waals surface area (Å²) >= 11 is 0. The topological polar surface area (TPSA) is 60.5 Å². The number of carbonyl (C=O) groups is 1. The van der Waals surface area contributed by atoms with Crippen molar-refractivity contribution in [3.63, 3.8) is 0 Å². The Hall–Kier alpha value is -2.82. The second-order valence-corrected chi connectivity index (χ2v) is 6.38. The summed E-state index contributed by atoms with van der Waals surface area (Å²) < 4.78 is 11.5. The zero-order valence-electron chi connectivity index (χ0n) is 15.4. The van der Waals surface area contributed by atoms with Crippen molar-refractivity contribution < 1.29 is 14.3 Å². The molecule has 2 heterocycles. The number of nitrogens with zero attached hydrogens (tertiary/aromatic N) is 1. The Morgan fingerprint density at radius 1 is 1.42 bits per heavy atom. The van der Waals surface area contributed by atoms with Gasteiger partial charge in [0, 0.05) is 29.3 Å². The molecule has 1 aromatic heterocycles. The van der Waals surface area contributed by atoms with Crippen molar-refractivity contribution in [3.05, 3.63) is 58.9 Å². The molecule has 0 bridgehead atoms. The maximum absolute atomic E-state index is 12.1. The van der Waals surface area contributed by atoms with E-state index in [4.69, 9.17) is 9.47 Å². The quantitative estimate of drug-likeness (QED) is 0.809. The number of aryl methyl sites for hydroxylation is 1. The lowest BCUT2D eigenvalue weighted by molar-refractivity contribution is -0.116. The van der Waals surface area contributed by atoms with Crippen LogP contribution in [0.1, 0.15) is 36.4 Å². The number of nitrogens with one attached hydrogen (secondary N) is 1. The number of ether oxygens (including phenoxy) is 2. The zero-order chi connectivity index (χ0) is 18.5. The number of carbonyl (C=O) groups excluding carboxylic acids is 1. The molecule has 3 rings (SSSR count). The first-order chi connectivity index (χ1) is 12.5. The van der Waals surface area contributed by atoms with E-state index in [1.165, 1.54) is 6.08 Å². The van der Waals surface area contributed by atoms with Crippen LogP contribution in [0.2, 0.25) is 0 Å². The van der Waals surface area contributed by atoms with Gasteiger partial charge in [0.2, 0.25) is 5.91 Å². The Morgan fingerprint density at radius 2 is 2.27 bits per heavy atom. The molecule has 1 aliphatic rings. The Balaban J connectivity index is 1.69. The van der Waals surface area contributed by atoms with E-state index in [9.17, 15) is 4.79 Å². The van der Waals surface area contributed by atoms with E-state index in [1.54, 1.807) is 6.08 Å². The van der Waals surface area contributed by atoms with Crippen LogP contribution in [-0.2, 0) is 17.8 Å². The third-order valence-corrected chi connectivity index (χ3v) is 4.13. The summed E-state index contributed by atoms with van der Waals surface area (Å²) in [4.78, 5) is 16.5. The van der Waals surface area contributed by atoms with Gasteiger partial charge >= 0.3 is 0 Å². The van der Waals surface area contributed by atoms with Crippen LogP contribution in [0.25, 0.3) is 6.08 Å². The van der Waals surface area contributed by atoms with Gasteiger partial charge in [0.1, 0.15) is 17.6 Å². The summed E-state index contributed by atoms with van der Waals surface area (Å²) in [6.07, 6.45) is 4.32. The molecular weight excluding hydrogens is 328 g/mol. The minimum absolute atomic E-state index is 0.170. The van der Waals surface area contributed by atoms with Gasteiger partial charge in [-0.2, -0.15) is 0 Å². The molecule has 26 heavy (non-hydrogen) atoms. The molecule has 1 amide bonds. The standard InChI is InChI=1S/C21H24N2O3/c1-4-25-19-12-17-10-15(3)26-20(17)11-16(19)8-9-21(24)22-13-18-7-5-6-14(2)23-18/h5-9,11-12,15H,4,10,13H2,1-3H3,(H,22,24)/b9-8+. The molecule has 0 saturated carbocycles. The van der Waals surface area contributed by atoms with Gasteiger partial charge in [0.05, 0.1) is 18.8 Å². The molecule has 0 spiro atoms. The lowest BCUT2D eigenvalue weighted by Crippen LogP contribution is -2.20. The van der Waals surface area contributed by atoms with E-state index in [1.807, 2.05) is 51.1 Å². The van der Waals surface area contributed by atoms with Crippen LogP contribution in [0.5, 0.6) is 11.5 Å². The van der Waals surface area contributed by atoms with Crippen molar-refractivity contribution in [1.29, 1.82) is 0 Å². The van der Waals surface area contributed by atoms with Gasteiger partial charge in [-0.3, -0.25) is 9.78 Å². The van der Waals surface area contributed by atoms with Gasteiger partial charge in [-0.25, -0.2) is 0 Å². The summed E-state index contributed by atoms with van der Waals surface area (Å²) in [6.45, 7) is 6.89. The first kappa shape index (κ1) is 18.0. The van der Waals surface area contributed by atoms with Crippen molar-refractivity contribution >= 4 is 12.0 Å². The molecular formula is C21H24N2O3. The molecule has 5 nitrogen and oxygen atoms in total. The third-order valence-electron chi connectivity index (χ3n) is 4.13. The molecule has 0 radical (unpaired) electrons. The molecule has 1 aliphatic heterocycles. The first-order valence-corrected chi connectivity index (χ1v) is 8.90. The van der Waals surface area contributed by atoms with Crippen LogP contribution < -0.4 is 14.8 Å². The Bertz CT molecular complexity index is 830. The smallest absolute Gasteiger partial charge is 0.244 e. The van der Waals surface area contributed by atoms with E-state index < -0.39 is 0 Å². The monoisotopic (exact) mass is 352 g/mol. The Labute approximate surface area is 154 Å². The molecule has 5 heteroatoms. The largest absolute Gasteiger partial charge is 0.493 e. The molecule has 0 saturated heterocycles. The third kappa shape index (κ3) is 4.42. The summed E-state index contributed by atoms with van der Waals surface area (Å²) in [5, 5.41) is 2.85. The maximum atomic E-state index is 12.1. The van der Waals surface area contributed by atoms with Gasteiger partial charge in [-0.15, -0.1) is 0 Å². The zero-order valence-corrected chi connectivity index (χ0v) is 15.4. The van der Waals surface area contributed by atoms with Crippen LogP contribution in [0.4, 0.5) is 0 Å². The number of fused-ring (bicyclic) bond motifs is 1. The Morgan fingerprint density at radius 3 is 3.04 bits per heavy atom. The predicted octanol–water partition coefficient (Wildman–Crippen LogP) is 3.44. The van der Waals surface area contributed by atoms with Crippen LogP contribution in [-0.4, -0.2) is 23.6 Å². The molecule has 0 aliphatic carbocycles. The molecule has 1 aromatic carbocycles. The molecule has 0 fully saturated rings. The van der Waals surface area contributed by atoms with Gasteiger partial charge in [-0.1, -0.05) is 6.07 Å². The number of hydrogen-bond acceptors (Lipinski definition) is 4. The van der Waals surface area contributed by atoms with Crippen molar-refractivity contribution in [2.45, 2.75) is 39.8 Å². The van der Waals surface area contributed by atoms with Crippen LogP contribution in [0, 0.1) is 6.92 Å². The highest BCUT2D eigenvalue weighted by molar-refractivity contribution is 5.92. The predicted molar refractivity (Wildman–Crippen MR) is 101 cm³/mol. The van der Waals surface area contributed by atoms with Crippen LogP contribution in [0.3, 0.4) is 0 Å². The second-order valence-electron chi connectivity index (χ2n) is 6.38. The van der Waals surface area contributed by atoms with E-state index in [-0.39, 0.29) is 12.0 Å². The number of benzene rings is 1. The highest BCUT2D eigenvalue weighted by Crippen LogP contribution is 2.35. The van der Waals surface area contributed by atoms with Crippen LogP contribution in [0.15, 0.2) is 36.4 Å². The van der Waals surface area contributed by atoms with Gasteiger partial charge < -0.3 is 14.8 Å². The average molecular weight is 352 g/mol. The Kier molecular flexibility index (Phi) is 5.56. The number of hydrogen-bond donors (Lipinski definition) is 1.